The van der Waals surface area contributed by atoms with E-state index in [1.165, 1.54) is 21.4 Å². The number of thiocyanates is 1. The van der Waals surface area contributed by atoms with Crippen molar-refractivity contribution in [1.82, 2.24) is 4.90 Å². The summed E-state index contributed by atoms with van der Waals surface area (Å²) >= 11 is 1.04. The molecule has 49 heavy (non-hydrogen) atoms. The Morgan fingerprint density at radius 1 is 0.980 bits per heavy atom. The van der Waals surface area contributed by atoms with E-state index in [4.69, 9.17) is 5.26 Å². The number of hydrogen-bond acceptors (Lipinski definition) is 4. The highest BCUT2D eigenvalue weighted by molar-refractivity contribution is 8.03. The Kier molecular flexibility index (Phi) is 13.0. The zero-order valence-electron chi connectivity index (χ0n) is 27.2. The van der Waals surface area contributed by atoms with Crippen LogP contribution in [0.2, 0.25) is 0 Å². The second kappa shape index (κ2) is 17.0. The lowest BCUT2D eigenvalue weighted by atomic mass is 10.0. The molecule has 0 aliphatic heterocycles. The summed E-state index contributed by atoms with van der Waals surface area (Å²) in [5, 5.41) is 11.2. The lowest BCUT2D eigenvalue weighted by Crippen LogP contribution is -2.45. The molecule has 0 saturated carbocycles. The Hall–Kier alpha value is -4.19. The maximum absolute atomic E-state index is 14.5. The number of carbonyl (C=O) groups excluding carboxylic acids is 1. The first-order valence-electron chi connectivity index (χ1n) is 15.6. The Morgan fingerprint density at radius 2 is 1.57 bits per heavy atom. The number of hydrogen-bond donors (Lipinski definition) is 0. The number of thioether (sulfide) groups is 1. The molecule has 0 spiro atoms. The van der Waals surface area contributed by atoms with Crippen LogP contribution < -0.4 is 4.90 Å². The first kappa shape index (κ1) is 37.6. The molecular weight excluding hydrogens is 672 g/mol. The first-order valence-corrected chi connectivity index (χ1v) is 17.1. The van der Waals surface area contributed by atoms with E-state index in [0.29, 0.717) is 24.4 Å². The van der Waals surface area contributed by atoms with Gasteiger partial charge in [0, 0.05) is 59.4 Å². The van der Waals surface area contributed by atoms with E-state index in [1.54, 1.807) is 17.0 Å². The van der Waals surface area contributed by atoms with Gasteiger partial charge in [-0.2, -0.15) is 14.0 Å². The number of halogens is 5. The number of benzene rings is 4. The van der Waals surface area contributed by atoms with Crippen LogP contribution in [-0.2, 0) is 23.4 Å². The Balaban J connectivity index is 1.58. The van der Waals surface area contributed by atoms with Gasteiger partial charge < -0.3 is 9.80 Å². The van der Waals surface area contributed by atoms with Crippen molar-refractivity contribution >= 4 is 38.2 Å². The van der Waals surface area contributed by atoms with E-state index in [1.807, 2.05) is 72.7 Å². The van der Waals surface area contributed by atoms with Crippen molar-refractivity contribution in [3.8, 4) is 16.5 Å². The van der Waals surface area contributed by atoms with Gasteiger partial charge in [-0.3, -0.25) is 4.79 Å². The average molecular weight is 710 g/mol. The molecule has 0 N–H and O–H groups in total. The minimum absolute atomic E-state index is 0.0174. The van der Waals surface area contributed by atoms with Gasteiger partial charge >= 0.3 is 0 Å². The maximum Gasteiger partial charge on any atom is 0.283 e. The number of rotatable bonds is 15. The molecule has 0 radical (unpaired) electrons. The molecule has 0 aliphatic carbocycles. The van der Waals surface area contributed by atoms with Gasteiger partial charge in [0.25, 0.3) is 5.66 Å². The summed E-state index contributed by atoms with van der Waals surface area (Å²) in [7, 11) is 1.53. The van der Waals surface area contributed by atoms with Gasteiger partial charge in [0.15, 0.2) is 0 Å². The SMILES string of the molecule is C=C(C)c1ccccc1N(CC(=O)N(CCSC#N)Cc1ccc(-c2ccc(C(F)(F)P)cc2)cc1)C(C)CCc1c(F)cc(F)cc1F. The van der Waals surface area contributed by atoms with Crippen molar-refractivity contribution < 1.29 is 26.7 Å². The third-order valence-electron chi connectivity index (χ3n) is 8.24. The lowest BCUT2D eigenvalue weighted by molar-refractivity contribution is -0.130. The lowest BCUT2D eigenvalue weighted by Gasteiger charge is -2.35. The highest BCUT2D eigenvalue weighted by Crippen LogP contribution is 2.36. The molecule has 11 heteroatoms. The zero-order chi connectivity index (χ0) is 35.7. The second-order valence-corrected chi connectivity index (χ2v) is 13.4. The van der Waals surface area contributed by atoms with Crippen molar-refractivity contribution in [1.29, 1.82) is 5.26 Å². The quantitative estimate of drug-likeness (QED) is 0.0534. The van der Waals surface area contributed by atoms with Gasteiger partial charge in [-0.05, 0) is 66.8 Å². The number of para-hydroxylation sites is 1. The largest absolute Gasteiger partial charge is 0.359 e. The number of carbonyl (C=O) groups is 1. The Labute approximate surface area is 290 Å². The molecule has 4 aromatic carbocycles. The minimum atomic E-state index is -3.01. The van der Waals surface area contributed by atoms with E-state index in [0.717, 1.165) is 45.3 Å². The van der Waals surface area contributed by atoms with Crippen LogP contribution in [0, 0.1) is 28.1 Å². The second-order valence-electron chi connectivity index (χ2n) is 11.8. The van der Waals surface area contributed by atoms with Gasteiger partial charge in [0.2, 0.25) is 5.91 Å². The number of nitriles is 1. The summed E-state index contributed by atoms with van der Waals surface area (Å²) < 4.78 is 69.8. The normalized spacial score (nSPS) is 11.9. The van der Waals surface area contributed by atoms with Crippen LogP contribution >= 0.6 is 21.0 Å². The molecule has 1 amide bonds. The van der Waals surface area contributed by atoms with Crippen LogP contribution in [0.15, 0.2) is 91.5 Å². The van der Waals surface area contributed by atoms with Gasteiger partial charge in [-0.25, -0.2) is 13.2 Å². The van der Waals surface area contributed by atoms with Crippen LogP contribution in [0.1, 0.15) is 42.5 Å². The average Bonchev–Trinajstić information content (AvgIpc) is 3.06. The fraction of sp³-hybridized carbons (Fsp3) is 0.263. The third-order valence-corrected chi connectivity index (χ3v) is 9.09. The molecule has 0 saturated heterocycles. The van der Waals surface area contributed by atoms with E-state index in [2.05, 4.69) is 6.58 Å². The first-order chi connectivity index (χ1) is 23.3. The molecule has 4 nitrogen and oxygen atoms in total. The number of anilines is 1. The van der Waals surface area contributed by atoms with Gasteiger partial charge in [-0.1, -0.05) is 82.5 Å². The van der Waals surface area contributed by atoms with E-state index in [-0.39, 0.29) is 49.0 Å². The highest BCUT2D eigenvalue weighted by Gasteiger charge is 2.26. The summed E-state index contributed by atoms with van der Waals surface area (Å²) in [6.45, 7) is 8.29. The van der Waals surface area contributed by atoms with Crippen molar-refractivity contribution in [3.63, 3.8) is 0 Å². The van der Waals surface area contributed by atoms with Gasteiger partial charge in [0.05, 0.1) is 6.54 Å². The van der Waals surface area contributed by atoms with E-state index < -0.39 is 23.1 Å². The van der Waals surface area contributed by atoms with Crippen LogP contribution in [0.4, 0.5) is 27.6 Å². The monoisotopic (exact) mass is 709 g/mol. The number of alkyl halides is 2. The summed E-state index contributed by atoms with van der Waals surface area (Å²) in [6, 6.07) is 21.9. The topological polar surface area (TPSA) is 47.3 Å². The summed E-state index contributed by atoms with van der Waals surface area (Å²) in [6.07, 6.45) is 0.245. The van der Waals surface area contributed by atoms with E-state index >= 15 is 0 Å². The summed E-state index contributed by atoms with van der Waals surface area (Å²) in [4.78, 5) is 17.6. The Bertz CT molecular complexity index is 1780. The molecule has 0 bridgehead atoms. The highest BCUT2D eigenvalue weighted by atomic mass is 32.2. The molecular formula is C38H37F5N3OPS. The molecule has 256 valence electrons. The number of amides is 1. The van der Waals surface area contributed by atoms with Crippen molar-refractivity contribution in [2.75, 3.05) is 23.7 Å². The fourth-order valence-electron chi connectivity index (χ4n) is 5.53. The smallest absolute Gasteiger partial charge is 0.283 e. The predicted octanol–water partition coefficient (Wildman–Crippen LogP) is 9.80. The standard InChI is InChI=1S/C38H37F5N3OPS/c1-25(2)32-6-4-5-7-36(32)46(26(3)8-17-33-34(40)20-31(39)21-35(33)41)23-37(47)45(18-19-49-24-44)22-27-9-11-28(12-10-27)29-13-15-30(16-14-29)38(42,43)48/h4-7,9-16,20-21,26H,1,8,17-19,22-23,48H2,2-3H3. The molecule has 0 fully saturated rings. The number of allylic oxidation sites excluding steroid dienone is 1. The van der Waals surface area contributed by atoms with Crippen molar-refractivity contribution in [3.05, 3.63) is 131 Å². The van der Waals surface area contributed by atoms with E-state index in [9.17, 15) is 26.7 Å². The molecule has 4 aromatic rings. The van der Waals surface area contributed by atoms with Crippen molar-refractivity contribution in [2.45, 2.75) is 44.9 Å². The number of nitrogens with zero attached hydrogens (tertiary/aromatic N) is 3. The van der Waals surface area contributed by atoms with Crippen LogP contribution in [0.25, 0.3) is 16.7 Å². The molecule has 4 rings (SSSR count). The molecule has 0 heterocycles. The van der Waals surface area contributed by atoms with Gasteiger partial charge in [0.1, 0.15) is 22.9 Å². The van der Waals surface area contributed by atoms with Crippen LogP contribution in [-0.4, -0.2) is 35.7 Å². The summed E-state index contributed by atoms with van der Waals surface area (Å²) in [5.41, 5.74) is 1.41. The van der Waals surface area contributed by atoms with Gasteiger partial charge in [-0.15, -0.1) is 0 Å². The van der Waals surface area contributed by atoms with Crippen molar-refractivity contribution in [2.24, 2.45) is 0 Å². The molecule has 2 atom stereocenters. The van der Waals surface area contributed by atoms with Crippen LogP contribution in [0.5, 0.6) is 0 Å². The predicted molar refractivity (Wildman–Crippen MR) is 192 cm³/mol. The Morgan fingerprint density at radius 3 is 2.14 bits per heavy atom. The summed E-state index contributed by atoms with van der Waals surface area (Å²) in [5.74, 6) is -2.75. The minimum Gasteiger partial charge on any atom is -0.359 e. The van der Waals surface area contributed by atoms with Crippen LogP contribution in [0.3, 0.4) is 0 Å². The molecule has 0 aromatic heterocycles. The third kappa shape index (κ3) is 10.2. The zero-order valence-corrected chi connectivity index (χ0v) is 29.2. The fourth-order valence-corrected chi connectivity index (χ4v) is 6.13. The molecule has 2 unspecified atom stereocenters. The maximum atomic E-state index is 14.5. The molecule has 0 aliphatic rings.